The first kappa shape index (κ1) is 16.0. The molecule has 0 aromatic heterocycles. The van der Waals surface area contributed by atoms with Crippen LogP contribution in [-0.2, 0) is 11.3 Å². The molecule has 2 rings (SSSR count). The molecule has 0 aliphatic heterocycles. The smallest absolute Gasteiger partial charge is 0.310 e. The second-order valence-corrected chi connectivity index (χ2v) is 6.78. The molecule has 0 bridgehead atoms. The quantitative estimate of drug-likeness (QED) is 0.834. The molecule has 1 aromatic rings. The Bertz CT molecular complexity index is 461. The van der Waals surface area contributed by atoms with Crippen molar-refractivity contribution < 1.29 is 9.90 Å². The molecule has 0 saturated heterocycles. The number of rotatable bonds is 6. The van der Waals surface area contributed by atoms with E-state index in [9.17, 15) is 4.79 Å². The van der Waals surface area contributed by atoms with Crippen molar-refractivity contribution >= 4 is 5.97 Å². The standard InChI is InChI=1S/C18H27NO2/c1-14(17(20)21)16-8-6-15(7-9-16)12-19-13-18(2)10-4-3-5-11-18/h6-9,14,19H,3-5,10-13H2,1-2H3,(H,20,21). The van der Waals surface area contributed by atoms with E-state index in [1.165, 1.54) is 37.7 Å². The van der Waals surface area contributed by atoms with Gasteiger partial charge in [-0.15, -0.1) is 0 Å². The lowest BCUT2D eigenvalue weighted by molar-refractivity contribution is -0.138. The first-order chi connectivity index (χ1) is 10.0. The molecule has 2 N–H and O–H groups in total. The number of hydrogen-bond acceptors (Lipinski definition) is 2. The summed E-state index contributed by atoms with van der Waals surface area (Å²) in [7, 11) is 0. The van der Waals surface area contributed by atoms with Gasteiger partial charge in [0.2, 0.25) is 0 Å². The third-order valence-corrected chi connectivity index (χ3v) is 4.79. The van der Waals surface area contributed by atoms with Crippen LogP contribution in [-0.4, -0.2) is 17.6 Å². The van der Waals surface area contributed by atoms with E-state index in [1.54, 1.807) is 6.92 Å². The molecule has 1 aromatic carbocycles. The van der Waals surface area contributed by atoms with Crippen molar-refractivity contribution in [1.82, 2.24) is 5.32 Å². The van der Waals surface area contributed by atoms with Gasteiger partial charge in [0.15, 0.2) is 0 Å². The summed E-state index contributed by atoms with van der Waals surface area (Å²) < 4.78 is 0. The van der Waals surface area contributed by atoms with Crippen LogP contribution in [0, 0.1) is 5.41 Å². The van der Waals surface area contributed by atoms with Gasteiger partial charge in [-0.2, -0.15) is 0 Å². The van der Waals surface area contributed by atoms with Gasteiger partial charge in [-0.3, -0.25) is 4.79 Å². The summed E-state index contributed by atoms with van der Waals surface area (Å²) in [6, 6.07) is 7.92. The van der Waals surface area contributed by atoms with E-state index in [1.807, 2.05) is 24.3 Å². The van der Waals surface area contributed by atoms with Crippen LogP contribution in [0.4, 0.5) is 0 Å². The zero-order valence-corrected chi connectivity index (χ0v) is 13.2. The van der Waals surface area contributed by atoms with Crippen molar-refractivity contribution in [2.24, 2.45) is 5.41 Å². The van der Waals surface area contributed by atoms with Gasteiger partial charge < -0.3 is 10.4 Å². The number of carbonyl (C=O) groups is 1. The maximum atomic E-state index is 11.0. The average molecular weight is 289 g/mol. The van der Waals surface area contributed by atoms with Gasteiger partial charge in [-0.25, -0.2) is 0 Å². The molecular formula is C18H27NO2. The van der Waals surface area contributed by atoms with Crippen molar-refractivity contribution in [3.8, 4) is 0 Å². The van der Waals surface area contributed by atoms with Crippen molar-refractivity contribution in [3.05, 3.63) is 35.4 Å². The van der Waals surface area contributed by atoms with Gasteiger partial charge in [-0.05, 0) is 36.3 Å². The molecule has 21 heavy (non-hydrogen) atoms. The van der Waals surface area contributed by atoms with Crippen molar-refractivity contribution in [2.75, 3.05) is 6.54 Å². The Hall–Kier alpha value is -1.35. The second-order valence-electron chi connectivity index (χ2n) is 6.78. The Morgan fingerprint density at radius 2 is 1.86 bits per heavy atom. The average Bonchev–Trinajstić information content (AvgIpc) is 2.48. The third-order valence-electron chi connectivity index (χ3n) is 4.79. The molecule has 116 valence electrons. The monoisotopic (exact) mass is 289 g/mol. The van der Waals surface area contributed by atoms with Gasteiger partial charge in [0.1, 0.15) is 0 Å². The van der Waals surface area contributed by atoms with E-state index in [2.05, 4.69) is 12.2 Å². The fourth-order valence-corrected chi connectivity index (χ4v) is 3.16. The predicted molar refractivity (Wildman–Crippen MR) is 85.4 cm³/mol. The number of benzene rings is 1. The molecule has 1 atom stereocenters. The van der Waals surface area contributed by atoms with Gasteiger partial charge in [0, 0.05) is 13.1 Å². The fourth-order valence-electron chi connectivity index (χ4n) is 3.16. The van der Waals surface area contributed by atoms with E-state index >= 15 is 0 Å². The van der Waals surface area contributed by atoms with Gasteiger partial charge in [0.05, 0.1) is 5.92 Å². The predicted octanol–water partition coefficient (Wildman–Crippen LogP) is 3.93. The Labute approximate surface area is 127 Å². The minimum absolute atomic E-state index is 0.437. The van der Waals surface area contributed by atoms with Crippen LogP contribution in [0.15, 0.2) is 24.3 Å². The van der Waals surface area contributed by atoms with Crippen molar-refractivity contribution in [1.29, 1.82) is 0 Å². The van der Waals surface area contributed by atoms with Crippen LogP contribution in [0.25, 0.3) is 0 Å². The summed E-state index contributed by atoms with van der Waals surface area (Å²) in [5.74, 6) is -1.21. The zero-order valence-electron chi connectivity index (χ0n) is 13.2. The highest BCUT2D eigenvalue weighted by Gasteiger charge is 2.25. The third kappa shape index (κ3) is 4.57. The molecule has 3 heteroatoms. The molecule has 3 nitrogen and oxygen atoms in total. The van der Waals surface area contributed by atoms with Crippen LogP contribution in [0.3, 0.4) is 0 Å². The Kier molecular flexibility index (Phi) is 5.40. The minimum Gasteiger partial charge on any atom is -0.481 e. The van der Waals surface area contributed by atoms with Crippen LogP contribution in [0.1, 0.15) is 63.0 Å². The Morgan fingerprint density at radius 1 is 1.24 bits per heavy atom. The second kappa shape index (κ2) is 7.08. The minimum atomic E-state index is -0.772. The SMILES string of the molecule is CC(C(=O)O)c1ccc(CNCC2(C)CCCCC2)cc1. The van der Waals surface area contributed by atoms with Crippen LogP contribution in [0.5, 0.6) is 0 Å². The maximum Gasteiger partial charge on any atom is 0.310 e. The van der Waals surface area contributed by atoms with Gasteiger partial charge in [-0.1, -0.05) is 50.5 Å². The summed E-state index contributed by atoms with van der Waals surface area (Å²) in [5.41, 5.74) is 2.54. The molecule has 1 saturated carbocycles. The number of carboxylic acid groups (broad SMARTS) is 1. The molecule has 1 fully saturated rings. The molecule has 1 aliphatic rings. The van der Waals surface area contributed by atoms with Crippen LogP contribution < -0.4 is 5.32 Å². The summed E-state index contributed by atoms with van der Waals surface area (Å²) in [5, 5.41) is 12.6. The fraction of sp³-hybridized carbons (Fsp3) is 0.611. The van der Waals surface area contributed by atoms with E-state index in [4.69, 9.17) is 5.11 Å². The number of nitrogens with one attached hydrogen (secondary N) is 1. The molecular weight excluding hydrogens is 262 g/mol. The zero-order chi connectivity index (χ0) is 15.3. The van der Waals surface area contributed by atoms with Crippen LogP contribution >= 0.6 is 0 Å². The molecule has 0 spiro atoms. The largest absolute Gasteiger partial charge is 0.481 e. The van der Waals surface area contributed by atoms with E-state index in [0.29, 0.717) is 5.41 Å². The lowest BCUT2D eigenvalue weighted by Crippen LogP contribution is -2.33. The first-order valence-corrected chi connectivity index (χ1v) is 8.03. The first-order valence-electron chi connectivity index (χ1n) is 8.03. The van der Waals surface area contributed by atoms with E-state index in [0.717, 1.165) is 18.7 Å². The Morgan fingerprint density at radius 3 is 2.43 bits per heavy atom. The summed E-state index contributed by atoms with van der Waals surface area (Å²) in [6.45, 7) is 6.04. The van der Waals surface area contributed by atoms with E-state index < -0.39 is 11.9 Å². The van der Waals surface area contributed by atoms with E-state index in [-0.39, 0.29) is 0 Å². The topological polar surface area (TPSA) is 49.3 Å². The van der Waals surface area contributed by atoms with Crippen LogP contribution in [0.2, 0.25) is 0 Å². The highest BCUT2D eigenvalue weighted by Crippen LogP contribution is 2.34. The highest BCUT2D eigenvalue weighted by atomic mass is 16.4. The van der Waals surface area contributed by atoms with Gasteiger partial charge in [0.25, 0.3) is 0 Å². The number of hydrogen-bond donors (Lipinski definition) is 2. The van der Waals surface area contributed by atoms with Gasteiger partial charge >= 0.3 is 5.97 Å². The molecule has 0 radical (unpaired) electrons. The summed E-state index contributed by atoms with van der Waals surface area (Å²) in [6.07, 6.45) is 6.77. The lowest BCUT2D eigenvalue weighted by Gasteiger charge is -2.33. The van der Waals surface area contributed by atoms with Crippen molar-refractivity contribution in [2.45, 2.75) is 58.4 Å². The number of carboxylic acids is 1. The lowest BCUT2D eigenvalue weighted by atomic mass is 9.76. The summed E-state index contributed by atoms with van der Waals surface area (Å²) >= 11 is 0. The van der Waals surface area contributed by atoms with Crippen molar-refractivity contribution in [3.63, 3.8) is 0 Å². The summed E-state index contributed by atoms with van der Waals surface area (Å²) in [4.78, 5) is 11.0. The highest BCUT2D eigenvalue weighted by molar-refractivity contribution is 5.75. The normalized spacial score (nSPS) is 19.1. The molecule has 1 unspecified atom stereocenters. The molecule has 1 aliphatic carbocycles. The number of aliphatic carboxylic acids is 1. The molecule has 0 heterocycles. The Balaban J connectivity index is 1.82. The molecule has 0 amide bonds. The maximum absolute atomic E-state index is 11.0.